The van der Waals surface area contributed by atoms with Gasteiger partial charge in [-0.3, -0.25) is 0 Å². The molecule has 94 valence electrons. The number of rotatable bonds is 5. The zero-order valence-corrected chi connectivity index (χ0v) is 10.5. The Morgan fingerprint density at radius 3 is 2.67 bits per heavy atom. The summed E-state index contributed by atoms with van der Waals surface area (Å²) in [5.41, 5.74) is 0. The minimum Gasteiger partial charge on any atom is -0.490 e. The SMILES string of the molecule is CCOc1ccccc1Oc1ccnc(NC)c1. The van der Waals surface area contributed by atoms with Crippen LogP contribution in [0.15, 0.2) is 42.6 Å². The zero-order chi connectivity index (χ0) is 12.8. The third-order valence-corrected chi connectivity index (χ3v) is 2.36. The van der Waals surface area contributed by atoms with Crippen molar-refractivity contribution in [3.05, 3.63) is 42.6 Å². The van der Waals surface area contributed by atoms with Gasteiger partial charge < -0.3 is 14.8 Å². The van der Waals surface area contributed by atoms with Gasteiger partial charge in [0.1, 0.15) is 11.6 Å². The molecule has 18 heavy (non-hydrogen) atoms. The molecule has 2 aromatic rings. The van der Waals surface area contributed by atoms with E-state index < -0.39 is 0 Å². The molecule has 4 heteroatoms. The topological polar surface area (TPSA) is 43.4 Å². The van der Waals surface area contributed by atoms with E-state index in [0.29, 0.717) is 12.4 Å². The average Bonchev–Trinajstić information content (AvgIpc) is 2.41. The molecular formula is C14H16N2O2. The van der Waals surface area contributed by atoms with Crippen LogP contribution < -0.4 is 14.8 Å². The Morgan fingerprint density at radius 2 is 1.94 bits per heavy atom. The van der Waals surface area contributed by atoms with Gasteiger partial charge in [-0.05, 0) is 25.1 Å². The van der Waals surface area contributed by atoms with Crippen LogP contribution in [0, 0.1) is 0 Å². The number of pyridine rings is 1. The van der Waals surface area contributed by atoms with E-state index in [0.717, 1.165) is 17.3 Å². The van der Waals surface area contributed by atoms with Crippen LogP contribution in [0.1, 0.15) is 6.92 Å². The lowest BCUT2D eigenvalue weighted by Gasteiger charge is -2.11. The lowest BCUT2D eigenvalue weighted by atomic mass is 10.3. The van der Waals surface area contributed by atoms with E-state index in [-0.39, 0.29) is 0 Å². The van der Waals surface area contributed by atoms with Crippen molar-refractivity contribution in [1.29, 1.82) is 0 Å². The Bertz CT molecular complexity index is 515. The van der Waals surface area contributed by atoms with Crippen LogP contribution in [-0.4, -0.2) is 18.6 Å². The lowest BCUT2D eigenvalue weighted by Crippen LogP contribution is -1.96. The van der Waals surface area contributed by atoms with Gasteiger partial charge in [-0.15, -0.1) is 0 Å². The number of nitrogens with zero attached hydrogens (tertiary/aromatic N) is 1. The monoisotopic (exact) mass is 244 g/mol. The first-order valence-corrected chi connectivity index (χ1v) is 5.87. The van der Waals surface area contributed by atoms with Crippen molar-refractivity contribution < 1.29 is 9.47 Å². The number of anilines is 1. The molecule has 0 unspecified atom stereocenters. The van der Waals surface area contributed by atoms with E-state index in [1.165, 1.54) is 0 Å². The van der Waals surface area contributed by atoms with Crippen molar-refractivity contribution in [1.82, 2.24) is 4.98 Å². The van der Waals surface area contributed by atoms with Crippen molar-refractivity contribution in [3.63, 3.8) is 0 Å². The van der Waals surface area contributed by atoms with Crippen molar-refractivity contribution in [2.75, 3.05) is 19.0 Å². The molecule has 0 aliphatic rings. The lowest BCUT2D eigenvalue weighted by molar-refractivity contribution is 0.321. The first kappa shape index (κ1) is 12.2. The van der Waals surface area contributed by atoms with E-state index in [9.17, 15) is 0 Å². The summed E-state index contributed by atoms with van der Waals surface area (Å²) < 4.78 is 11.3. The molecule has 1 aromatic heterocycles. The molecule has 0 aliphatic heterocycles. The second-order valence-electron chi connectivity index (χ2n) is 3.61. The molecule has 0 saturated heterocycles. The van der Waals surface area contributed by atoms with Crippen LogP contribution in [0.25, 0.3) is 0 Å². The van der Waals surface area contributed by atoms with Gasteiger partial charge in [0.15, 0.2) is 11.5 Å². The summed E-state index contributed by atoms with van der Waals surface area (Å²) in [4.78, 5) is 4.14. The largest absolute Gasteiger partial charge is 0.490 e. The molecule has 0 aliphatic carbocycles. The number of nitrogens with one attached hydrogen (secondary N) is 1. The third-order valence-electron chi connectivity index (χ3n) is 2.36. The molecule has 2 rings (SSSR count). The number of hydrogen-bond acceptors (Lipinski definition) is 4. The minimum absolute atomic E-state index is 0.610. The predicted octanol–water partition coefficient (Wildman–Crippen LogP) is 3.31. The molecule has 0 atom stereocenters. The van der Waals surface area contributed by atoms with Gasteiger partial charge in [-0.1, -0.05) is 12.1 Å². The summed E-state index contributed by atoms with van der Waals surface area (Å²) in [6.45, 7) is 2.56. The molecule has 0 spiro atoms. The molecule has 0 fully saturated rings. The predicted molar refractivity (Wildman–Crippen MR) is 71.5 cm³/mol. The molecule has 4 nitrogen and oxygen atoms in total. The summed E-state index contributed by atoms with van der Waals surface area (Å²) in [6.07, 6.45) is 1.70. The third kappa shape index (κ3) is 2.91. The van der Waals surface area contributed by atoms with Crippen LogP contribution in [0.3, 0.4) is 0 Å². The van der Waals surface area contributed by atoms with Crippen molar-refractivity contribution in [3.8, 4) is 17.2 Å². The van der Waals surface area contributed by atoms with Crippen LogP contribution >= 0.6 is 0 Å². The fraction of sp³-hybridized carbons (Fsp3) is 0.214. The molecule has 1 aromatic carbocycles. The molecule has 0 saturated carbocycles. The highest BCUT2D eigenvalue weighted by Crippen LogP contribution is 2.31. The van der Waals surface area contributed by atoms with Crippen LogP contribution in [0.5, 0.6) is 17.2 Å². The number of para-hydroxylation sites is 2. The van der Waals surface area contributed by atoms with E-state index in [1.807, 2.05) is 50.4 Å². The standard InChI is InChI=1S/C14H16N2O2/c1-3-17-12-6-4-5-7-13(12)18-11-8-9-16-14(10-11)15-2/h4-10H,3H2,1-2H3,(H,15,16). The zero-order valence-electron chi connectivity index (χ0n) is 10.5. The highest BCUT2D eigenvalue weighted by Gasteiger charge is 2.05. The Labute approximate surface area is 107 Å². The highest BCUT2D eigenvalue weighted by molar-refractivity contribution is 5.45. The maximum atomic E-state index is 5.80. The Kier molecular flexibility index (Phi) is 4.02. The van der Waals surface area contributed by atoms with Crippen LogP contribution in [0.4, 0.5) is 5.82 Å². The van der Waals surface area contributed by atoms with E-state index in [1.54, 1.807) is 6.20 Å². The number of ether oxygens (including phenoxy) is 2. The number of benzene rings is 1. The van der Waals surface area contributed by atoms with E-state index in [2.05, 4.69) is 10.3 Å². The van der Waals surface area contributed by atoms with E-state index in [4.69, 9.17) is 9.47 Å². The summed E-state index contributed by atoms with van der Waals surface area (Å²) in [6, 6.07) is 11.2. The van der Waals surface area contributed by atoms with Gasteiger partial charge in [-0.25, -0.2) is 4.98 Å². The van der Waals surface area contributed by atoms with Crippen molar-refractivity contribution in [2.45, 2.75) is 6.92 Å². The van der Waals surface area contributed by atoms with Gasteiger partial charge in [0.2, 0.25) is 0 Å². The Hall–Kier alpha value is -2.23. The van der Waals surface area contributed by atoms with Gasteiger partial charge in [0.25, 0.3) is 0 Å². The second kappa shape index (κ2) is 5.91. The van der Waals surface area contributed by atoms with Gasteiger partial charge in [0.05, 0.1) is 6.61 Å². The van der Waals surface area contributed by atoms with Gasteiger partial charge in [-0.2, -0.15) is 0 Å². The number of hydrogen-bond donors (Lipinski definition) is 1. The Balaban J connectivity index is 2.22. The maximum absolute atomic E-state index is 5.80. The van der Waals surface area contributed by atoms with Crippen LogP contribution in [0.2, 0.25) is 0 Å². The summed E-state index contributed by atoms with van der Waals surface area (Å²) in [5.74, 6) is 2.93. The highest BCUT2D eigenvalue weighted by atomic mass is 16.5. The fourth-order valence-corrected chi connectivity index (χ4v) is 1.55. The minimum atomic E-state index is 0.610. The van der Waals surface area contributed by atoms with E-state index >= 15 is 0 Å². The Morgan fingerprint density at radius 1 is 1.17 bits per heavy atom. The average molecular weight is 244 g/mol. The first-order valence-electron chi connectivity index (χ1n) is 5.87. The summed E-state index contributed by atoms with van der Waals surface area (Å²) >= 11 is 0. The normalized spacial score (nSPS) is 9.89. The maximum Gasteiger partial charge on any atom is 0.169 e. The molecule has 0 bridgehead atoms. The number of aromatic nitrogens is 1. The van der Waals surface area contributed by atoms with Crippen molar-refractivity contribution >= 4 is 5.82 Å². The summed E-state index contributed by atoms with van der Waals surface area (Å²) in [7, 11) is 1.82. The fourth-order valence-electron chi connectivity index (χ4n) is 1.55. The molecular weight excluding hydrogens is 228 g/mol. The molecule has 1 N–H and O–H groups in total. The quantitative estimate of drug-likeness (QED) is 0.876. The van der Waals surface area contributed by atoms with Crippen LogP contribution in [-0.2, 0) is 0 Å². The molecule has 1 heterocycles. The smallest absolute Gasteiger partial charge is 0.169 e. The van der Waals surface area contributed by atoms with Gasteiger partial charge in [0, 0.05) is 19.3 Å². The van der Waals surface area contributed by atoms with Gasteiger partial charge >= 0.3 is 0 Å². The van der Waals surface area contributed by atoms with Crippen molar-refractivity contribution in [2.24, 2.45) is 0 Å². The first-order chi connectivity index (χ1) is 8.83. The second-order valence-corrected chi connectivity index (χ2v) is 3.61. The molecule has 0 amide bonds. The molecule has 0 radical (unpaired) electrons. The summed E-state index contributed by atoms with van der Waals surface area (Å²) in [5, 5.41) is 2.97.